The van der Waals surface area contributed by atoms with Gasteiger partial charge in [0.25, 0.3) is 5.91 Å². The lowest BCUT2D eigenvalue weighted by Gasteiger charge is -2.37. The number of hydrogen-bond acceptors (Lipinski definition) is 4. The second-order valence-electron chi connectivity index (χ2n) is 10.7. The van der Waals surface area contributed by atoms with Crippen molar-refractivity contribution in [2.45, 2.75) is 58.4 Å². The zero-order valence-electron chi connectivity index (χ0n) is 21.3. The van der Waals surface area contributed by atoms with Gasteiger partial charge in [-0.1, -0.05) is 25.8 Å². The topological polar surface area (TPSA) is 65.4 Å². The molecule has 2 aliphatic carbocycles. The molecule has 1 aromatic heterocycles. The Kier molecular flexibility index (Phi) is 6.01. The number of halogens is 1. The minimum atomic E-state index is -0.249. The van der Waals surface area contributed by atoms with E-state index >= 15 is 0 Å². The molecule has 6 rings (SSSR count). The quantitative estimate of drug-likeness (QED) is 0.426. The fourth-order valence-electron chi connectivity index (χ4n) is 6.35. The molecule has 1 fully saturated rings. The fraction of sp³-hybridized carbons (Fsp3) is 0.400. The van der Waals surface area contributed by atoms with Crippen LogP contribution in [0.3, 0.4) is 0 Å². The van der Waals surface area contributed by atoms with Gasteiger partial charge in [-0.25, -0.2) is 9.07 Å². The van der Waals surface area contributed by atoms with E-state index in [1.54, 1.807) is 30.3 Å². The molecular weight excluding hydrogens is 469 g/mol. The van der Waals surface area contributed by atoms with Gasteiger partial charge in [-0.2, -0.15) is 5.10 Å². The summed E-state index contributed by atoms with van der Waals surface area (Å²) in [5.41, 5.74) is 5.27. The van der Waals surface area contributed by atoms with E-state index in [9.17, 15) is 9.18 Å². The Morgan fingerprint density at radius 2 is 2.03 bits per heavy atom. The van der Waals surface area contributed by atoms with Crippen molar-refractivity contribution in [2.24, 2.45) is 11.3 Å². The van der Waals surface area contributed by atoms with Gasteiger partial charge in [0.1, 0.15) is 5.82 Å². The average Bonchev–Trinajstić information content (AvgIpc) is 3.60. The Hall–Kier alpha value is -3.61. The minimum Gasteiger partial charge on any atom is -0.454 e. The first-order chi connectivity index (χ1) is 17.9. The van der Waals surface area contributed by atoms with Crippen LogP contribution in [0, 0.1) is 17.2 Å². The van der Waals surface area contributed by atoms with Crippen LogP contribution >= 0.6 is 0 Å². The zero-order chi connectivity index (χ0) is 25.6. The summed E-state index contributed by atoms with van der Waals surface area (Å²) in [5.74, 6) is 1.45. The van der Waals surface area contributed by atoms with Crippen molar-refractivity contribution in [3.8, 4) is 17.2 Å². The standard InChI is InChI=1S/C30H32FN3O3/c1-3-4-24(33-29(35)19-5-12-27-28(13-19)37-18-36-27)14-21-6-7-22-15-26-20(16-30(21,22)2)17-32-34(26)25-10-8-23(31)9-11-25/h5,8-13,15,17,21,24H,3-4,6-7,14,16,18H2,1-2H3,(H,33,35)/t21-,24?,30-/m1/s1. The van der Waals surface area contributed by atoms with Crippen molar-refractivity contribution in [1.82, 2.24) is 15.1 Å². The molecule has 3 aromatic rings. The third-order valence-corrected chi connectivity index (χ3v) is 8.40. The van der Waals surface area contributed by atoms with Crippen LogP contribution in [0.25, 0.3) is 11.8 Å². The largest absolute Gasteiger partial charge is 0.454 e. The highest BCUT2D eigenvalue weighted by Crippen LogP contribution is 2.54. The van der Waals surface area contributed by atoms with Crippen LogP contribution in [0.15, 0.2) is 54.2 Å². The highest BCUT2D eigenvalue weighted by Gasteiger charge is 2.46. The lowest BCUT2D eigenvalue weighted by molar-refractivity contribution is 0.0920. The zero-order valence-corrected chi connectivity index (χ0v) is 21.3. The number of nitrogens with one attached hydrogen (secondary N) is 1. The summed E-state index contributed by atoms with van der Waals surface area (Å²) in [6.07, 6.45) is 10.2. The molecular formula is C30H32FN3O3. The van der Waals surface area contributed by atoms with Gasteiger partial charge in [-0.3, -0.25) is 4.79 Å². The van der Waals surface area contributed by atoms with Crippen LogP contribution in [0.1, 0.15) is 67.6 Å². The molecule has 0 spiro atoms. The fourth-order valence-corrected chi connectivity index (χ4v) is 6.35. The first-order valence-corrected chi connectivity index (χ1v) is 13.2. The first-order valence-electron chi connectivity index (χ1n) is 13.2. The van der Waals surface area contributed by atoms with Gasteiger partial charge >= 0.3 is 0 Å². The number of hydrogen-bond donors (Lipinski definition) is 1. The monoisotopic (exact) mass is 501 g/mol. The molecule has 192 valence electrons. The number of amides is 1. The molecule has 0 radical (unpaired) electrons. The number of aromatic nitrogens is 2. The highest BCUT2D eigenvalue weighted by molar-refractivity contribution is 5.95. The second kappa shape index (κ2) is 9.36. The lowest BCUT2D eigenvalue weighted by Crippen LogP contribution is -2.39. The van der Waals surface area contributed by atoms with Crippen LogP contribution < -0.4 is 14.8 Å². The van der Waals surface area contributed by atoms with Crippen LogP contribution in [0.2, 0.25) is 0 Å². The summed E-state index contributed by atoms with van der Waals surface area (Å²) in [5, 5.41) is 7.96. The van der Waals surface area contributed by atoms with E-state index < -0.39 is 0 Å². The van der Waals surface area contributed by atoms with Crippen LogP contribution in [-0.2, 0) is 6.42 Å². The van der Waals surface area contributed by atoms with Gasteiger partial charge < -0.3 is 14.8 Å². The molecule has 6 nitrogen and oxygen atoms in total. The molecule has 3 aliphatic rings. The van der Waals surface area contributed by atoms with E-state index in [1.807, 2.05) is 10.9 Å². The summed E-state index contributed by atoms with van der Waals surface area (Å²) >= 11 is 0. The van der Waals surface area contributed by atoms with E-state index in [0.29, 0.717) is 23.0 Å². The predicted octanol–water partition coefficient (Wildman–Crippen LogP) is 6.08. The predicted molar refractivity (Wildman–Crippen MR) is 139 cm³/mol. The number of rotatable bonds is 7. The molecule has 1 aliphatic heterocycles. The van der Waals surface area contributed by atoms with E-state index in [1.165, 1.54) is 23.3 Å². The van der Waals surface area contributed by atoms with E-state index in [0.717, 1.165) is 49.9 Å². The van der Waals surface area contributed by atoms with Gasteiger partial charge in [-0.05, 0) is 97.5 Å². The average molecular weight is 502 g/mol. The highest BCUT2D eigenvalue weighted by atomic mass is 19.1. The summed E-state index contributed by atoms with van der Waals surface area (Å²) in [6, 6.07) is 11.9. The van der Waals surface area contributed by atoms with Gasteiger partial charge in [0, 0.05) is 11.6 Å². The van der Waals surface area contributed by atoms with Gasteiger partial charge in [0.2, 0.25) is 6.79 Å². The molecule has 1 amide bonds. The number of ether oxygens (including phenoxy) is 2. The number of benzene rings is 2. The number of carbonyl (C=O) groups is 1. The van der Waals surface area contributed by atoms with E-state index in [-0.39, 0.29) is 30.0 Å². The molecule has 7 heteroatoms. The van der Waals surface area contributed by atoms with Crippen molar-refractivity contribution in [3.63, 3.8) is 0 Å². The van der Waals surface area contributed by atoms with Crippen molar-refractivity contribution in [1.29, 1.82) is 0 Å². The maximum Gasteiger partial charge on any atom is 0.251 e. The minimum absolute atomic E-state index is 0.0408. The molecule has 0 saturated heterocycles. The molecule has 2 heterocycles. The van der Waals surface area contributed by atoms with E-state index in [2.05, 4.69) is 30.3 Å². The van der Waals surface area contributed by atoms with Crippen molar-refractivity contribution < 1.29 is 18.7 Å². The molecule has 1 unspecified atom stereocenters. The Morgan fingerprint density at radius 1 is 1.22 bits per heavy atom. The number of fused-ring (bicyclic) bond motifs is 3. The molecule has 2 aromatic carbocycles. The maximum atomic E-state index is 13.4. The molecule has 37 heavy (non-hydrogen) atoms. The summed E-state index contributed by atoms with van der Waals surface area (Å²) in [6.45, 7) is 4.73. The molecule has 1 N–H and O–H groups in total. The Morgan fingerprint density at radius 3 is 2.84 bits per heavy atom. The van der Waals surface area contributed by atoms with Crippen LogP contribution in [0.4, 0.5) is 4.39 Å². The Balaban J connectivity index is 1.19. The number of carbonyl (C=O) groups excluding carboxylic acids is 1. The van der Waals surface area contributed by atoms with Crippen molar-refractivity contribution in [3.05, 3.63) is 76.9 Å². The third-order valence-electron chi connectivity index (χ3n) is 8.40. The Labute approximate surface area is 216 Å². The van der Waals surface area contributed by atoms with Crippen LogP contribution in [-0.4, -0.2) is 28.5 Å². The molecule has 1 saturated carbocycles. The lowest BCUT2D eigenvalue weighted by atomic mass is 9.68. The smallest absolute Gasteiger partial charge is 0.251 e. The Bertz CT molecular complexity index is 1360. The summed E-state index contributed by atoms with van der Waals surface area (Å²) < 4.78 is 26.2. The normalized spacial score (nSPS) is 22.2. The molecule has 0 bridgehead atoms. The number of nitrogens with zero attached hydrogens (tertiary/aromatic N) is 2. The summed E-state index contributed by atoms with van der Waals surface area (Å²) in [7, 11) is 0. The van der Waals surface area contributed by atoms with Gasteiger partial charge in [0.05, 0.1) is 17.6 Å². The van der Waals surface area contributed by atoms with Gasteiger partial charge in [-0.15, -0.1) is 0 Å². The maximum absolute atomic E-state index is 13.4. The van der Waals surface area contributed by atoms with Gasteiger partial charge in [0.15, 0.2) is 11.5 Å². The number of allylic oxidation sites excluding steroid dienone is 1. The van der Waals surface area contributed by atoms with Crippen molar-refractivity contribution in [2.75, 3.05) is 6.79 Å². The van der Waals surface area contributed by atoms with Crippen molar-refractivity contribution >= 4 is 12.0 Å². The second-order valence-corrected chi connectivity index (χ2v) is 10.7. The summed E-state index contributed by atoms with van der Waals surface area (Å²) in [4.78, 5) is 13.1. The SMILES string of the molecule is CCCC(C[C@H]1CCC2=Cc3c(cnn3-c3ccc(F)cc3)C[C@@]21C)NC(=O)c1ccc2c(c1)OCO2. The van der Waals surface area contributed by atoms with E-state index in [4.69, 9.17) is 9.47 Å². The third kappa shape index (κ3) is 4.30. The first kappa shape index (κ1) is 23.8. The molecule has 3 atom stereocenters. The van der Waals surface area contributed by atoms with Crippen LogP contribution in [0.5, 0.6) is 11.5 Å².